The molecule has 5 heteroatoms. The van der Waals surface area contributed by atoms with Gasteiger partial charge in [-0.05, 0) is 43.0 Å². The third kappa shape index (κ3) is 3.51. The Balaban J connectivity index is 1.54. The molecule has 0 aliphatic heterocycles. The number of nitrogens with one attached hydrogen (secondary N) is 1. The van der Waals surface area contributed by atoms with Crippen LogP contribution < -0.4 is 5.73 Å². The predicted molar refractivity (Wildman–Crippen MR) is 122 cm³/mol. The molecule has 0 bridgehead atoms. The summed E-state index contributed by atoms with van der Waals surface area (Å²) in [4.78, 5) is 15.6. The molecule has 5 rings (SSSR count). The highest BCUT2D eigenvalue weighted by Gasteiger charge is 2.27. The second-order valence-electron chi connectivity index (χ2n) is 7.94. The zero-order valence-corrected chi connectivity index (χ0v) is 17.1. The van der Waals surface area contributed by atoms with Gasteiger partial charge in [0.25, 0.3) is 0 Å². The standard InChI is InChI=1S/C25H27N5/c26-13-3-4-16-30(23-11-5-7-18-8-6-14-28-24(18)23)17-22-25-20(12-15-27-22)19-9-1-2-10-21(19)29-25/h1-4,6,8-10,12,14-15,23,29H,5,7,11,13,16-17,26H2/b4-3-/t23-/m0/s1. The highest BCUT2D eigenvalue weighted by atomic mass is 15.2. The van der Waals surface area contributed by atoms with E-state index in [9.17, 15) is 0 Å². The number of H-pyrrole nitrogens is 1. The van der Waals surface area contributed by atoms with Crippen LogP contribution in [-0.2, 0) is 13.0 Å². The van der Waals surface area contributed by atoms with Crippen LogP contribution in [0, 0.1) is 0 Å². The number of rotatable bonds is 6. The summed E-state index contributed by atoms with van der Waals surface area (Å²) in [5, 5.41) is 2.48. The van der Waals surface area contributed by atoms with Gasteiger partial charge in [-0.1, -0.05) is 36.4 Å². The minimum atomic E-state index is 0.291. The van der Waals surface area contributed by atoms with Crippen molar-refractivity contribution in [2.24, 2.45) is 5.73 Å². The number of aromatic nitrogens is 3. The average molecular weight is 398 g/mol. The molecule has 0 saturated carbocycles. The molecule has 1 aliphatic carbocycles. The molecule has 1 aromatic carbocycles. The first-order valence-corrected chi connectivity index (χ1v) is 10.7. The molecule has 5 nitrogen and oxygen atoms in total. The normalized spacial score (nSPS) is 16.7. The van der Waals surface area contributed by atoms with E-state index in [1.165, 1.54) is 28.5 Å². The Labute approximate surface area is 176 Å². The fraction of sp³-hybridized carbons (Fsp3) is 0.280. The largest absolute Gasteiger partial charge is 0.353 e. The van der Waals surface area contributed by atoms with Crippen LogP contribution in [0.25, 0.3) is 21.8 Å². The minimum absolute atomic E-state index is 0.291. The lowest BCUT2D eigenvalue weighted by atomic mass is 9.90. The van der Waals surface area contributed by atoms with Gasteiger partial charge in [0.05, 0.1) is 22.9 Å². The second-order valence-corrected chi connectivity index (χ2v) is 7.94. The number of benzene rings is 1. The van der Waals surface area contributed by atoms with Crippen LogP contribution in [-0.4, -0.2) is 32.9 Å². The first-order chi connectivity index (χ1) is 14.8. The summed E-state index contributed by atoms with van der Waals surface area (Å²) in [7, 11) is 0. The summed E-state index contributed by atoms with van der Waals surface area (Å²) in [6, 6.07) is 15.1. The van der Waals surface area contributed by atoms with Gasteiger partial charge in [-0.15, -0.1) is 0 Å². The Morgan fingerprint density at radius 3 is 2.90 bits per heavy atom. The number of hydrogen-bond acceptors (Lipinski definition) is 4. The molecule has 0 unspecified atom stereocenters. The highest BCUT2D eigenvalue weighted by Crippen LogP contribution is 2.34. The van der Waals surface area contributed by atoms with E-state index < -0.39 is 0 Å². The van der Waals surface area contributed by atoms with Crippen molar-refractivity contribution in [3.05, 3.63) is 84.0 Å². The Bertz CT molecular complexity index is 1190. The summed E-state index contributed by atoms with van der Waals surface area (Å²) in [6.45, 7) is 2.15. The summed E-state index contributed by atoms with van der Waals surface area (Å²) < 4.78 is 0. The number of pyridine rings is 2. The Hall–Kier alpha value is -3.02. The van der Waals surface area contributed by atoms with Crippen molar-refractivity contribution in [1.82, 2.24) is 19.9 Å². The van der Waals surface area contributed by atoms with Gasteiger partial charge in [-0.25, -0.2) is 0 Å². The molecule has 3 aromatic heterocycles. The molecule has 30 heavy (non-hydrogen) atoms. The molecule has 0 radical (unpaired) electrons. The van der Waals surface area contributed by atoms with E-state index in [0.29, 0.717) is 12.6 Å². The van der Waals surface area contributed by atoms with Crippen molar-refractivity contribution in [3.63, 3.8) is 0 Å². The number of aromatic amines is 1. The van der Waals surface area contributed by atoms with Gasteiger partial charge in [0.2, 0.25) is 0 Å². The quantitative estimate of drug-likeness (QED) is 0.470. The average Bonchev–Trinajstić information content (AvgIpc) is 3.18. The molecule has 152 valence electrons. The molecule has 4 aromatic rings. The lowest BCUT2D eigenvalue weighted by molar-refractivity contribution is 0.183. The molecule has 3 N–H and O–H groups in total. The van der Waals surface area contributed by atoms with Crippen LogP contribution in [0.15, 0.2) is 67.0 Å². The van der Waals surface area contributed by atoms with Gasteiger partial charge in [0.15, 0.2) is 0 Å². The molecule has 0 fully saturated rings. The fourth-order valence-corrected chi connectivity index (χ4v) is 4.69. The molecule has 0 amide bonds. The maximum absolute atomic E-state index is 5.70. The van der Waals surface area contributed by atoms with E-state index in [4.69, 9.17) is 15.7 Å². The SMILES string of the molecule is NC/C=C\CN(Cc1nccc2c1[nH]c1ccccc12)[C@H]1CCCc2cccnc21. The van der Waals surface area contributed by atoms with Gasteiger partial charge in [-0.3, -0.25) is 14.9 Å². The van der Waals surface area contributed by atoms with Crippen LogP contribution in [0.4, 0.5) is 0 Å². The van der Waals surface area contributed by atoms with Crippen LogP contribution >= 0.6 is 0 Å². The maximum Gasteiger partial charge on any atom is 0.0785 e. The van der Waals surface area contributed by atoms with Crippen LogP contribution in [0.1, 0.15) is 35.8 Å². The molecular formula is C25H27N5. The third-order valence-electron chi connectivity index (χ3n) is 6.11. The lowest BCUT2D eigenvalue weighted by Crippen LogP contribution is -2.32. The number of para-hydroxylation sites is 1. The van der Waals surface area contributed by atoms with Crippen molar-refractivity contribution in [2.45, 2.75) is 31.8 Å². The molecule has 1 aliphatic rings. The highest BCUT2D eigenvalue weighted by molar-refractivity contribution is 6.07. The number of fused-ring (bicyclic) bond motifs is 4. The summed E-state index contributed by atoms with van der Waals surface area (Å²) in [5.74, 6) is 0. The zero-order chi connectivity index (χ0) is 20.3. The van der Waals surface area contributed by atoms with Crippen molar-refractivity contribution in [3.8, 4) is 0 Å². The first kappa shape index (κ1) is 19.0. The van der Waals surface area contributed by atoms with Crippen LogP contribution in [0.2, 0.25) is 0 Å². The summed E-state index contributed by atoms with van der Waals surface area (Å²) >= 11 is 0. The second kappa shape index (κ2) is 8.38. The summed E-state index contributed by atoms with van der Waals surface area (Å²) in [5.41, 5.74) is 11.7. The van der Waals surface area contributed by atoms with Gasteiger partial charge in [0, 0.05) is 48.3 Å². The van der Waals surface area contributed by atoms with Crippen molar-refractivity contribution >= 4 is 21.8 Å². The van der Waals surface area contributed by atoms with Gasteiger partial charge in [0.1, 0.15) is 0 Å². The van der Waals surface area contributed by atoms with E-state index >= 15 is 0 Å². The Kier molecular flexibility index (Phi) is 5.30. The van der Waals surface area contributed by atoms with E-state index in [1.807, 2.05) is 24.5 Å². The lowest BCUT2D eigenvalue weighted by Gasteiger charge is -2.34. The molecule has 0 spiro atoms. The minimum Gasteiger partial charge on any atom is -0.353 e. The number of hydrogen-bond donors (Lipinski definition) is 2. The maximum atomic E-state index is 5.70. The molecule has 0 saturated heterocycles. The topological polar surface area (TPSA) is 70.8 Å². The Morgan fingerprint density at radius 2 is 1.97 bits per heavy atom. The van der Waals surface area contributed by atoms with Crippen LogP contribution in [0.3, 0.4) is 0 Å². The number of nitrogens with two attached hydrogens (primary N) is 1. The molecule has 1 atom stereocenters. The van der Waals surface area contributed by atoms with E-state index in [0.717, 1.165) is 42.7 Å². The van der Waals surface area contributed by atoms with Gasteiger partial charge < -0.3 is 10.7 Å². The van der Waals surface area contributed by atoms with E-state index in [1.54, 1.807) is 0 Å². The van der Waals surface area contributed by atoms with E-state index in [2.05, 4.69) is 52.4 Å². The van der Waals surface area contributed by atoms with Gasteiger partial charge in [-0.2, -0.15) is 0 Å². The van der Waals surface area contributed by atoms with E-state index in [-0.39, 0.29) is 0 Å². The first-order valence-electron chi connectivity index (χ1n) is 10.7. The Morgan fingerprint density at radius 1 is 1.03 bits per heavy atom. The predicted octanol–water partition coefficient (Wildman–Crippen LogP) is 4.51. The fourth-order valence-electron chi connectivity index (χ4n) is 4.69. The number of aryl methyl sites for hydroxylation is 1. The van der Waals surface area contributed by atoms with Gasteiger partial charge >= 0.3 is 0 Å². The summed E-state index contributed by atoms with van der Waals surface area (Å²) in [6.07, 6.45) is 11.5. The number of nitrogens with zero attached hydrogens (tertiary/aromatic N) is 3. The van der Waals surface area contributed by atoms with Crippen molar-refractivity contribution in [2.75, 3.05) is 13.1 Å². The molecular weight excluding hydrogens is 370 g/mol. The molecule has 3 heterocycles. The van der Waals surface area contributed by atoms with Crippen LogP contribution in [0.5, 0.6) is 0 Å². The third-order valence-corrected chi connectivity index (χ3v) is 6.11. The smallest absolute Gasteiger partial charge is 0.0785 e. The zero-order valence-electron chi connectivity index (χ0n) is 17.1. The monoisotopic (exact) mass is 397 g/mol. The van der Waals surface area contributed by atoms with Crippen molar-refractivity contribution in [1.29, 1.82) is 0 Å². The van der Waals surface area contributed by atoms with Crippen molar-refractivity contribution < 1.29 is 0 Å².